The molecule has 5 rings (SSSR count). The highest BCUT2D eigenvalue weighted by molar-refractivity contribution is 6.18. The monoisotopic (exact) mass is 348 g/mol. The second-order valence-corrected chi connectivity index (χ2v) is 7.64. The zero-order chi connectivity index (χ0) is 18.5. The van der Waals surface area contributed by atoms with Crippen LogP contribution in [0.1, 0.15) is 16.7 Å². The van der Waals surface area contributed by atoms with Gasteiger partial charge in [0, 0.05) is 17.0 Å². The Labute approximate surface area is 159 Å². The number of pyridine rings is 1. The Morgan fingerprint density at radius 3 is 1.96 bits per heavy atom. The molecule has 0 atom stereocenters. The van der Waals surface area contributed by atoms with Crippen molar-refractivity contribution in [2.75, 3.05) is 0 Å². The molecule has 130 valence electrons. The smallest absolute Gasteiger partial charge is 0.211 e. The fourth-order valence-electron chi connectivity index (χ4n) is 4.33. The summed E-state index contributed by atoms with van der Waals surface area (Å²) in [5.41, 5.74) is 6.31. The molecule has 0 aliphatic carbocycles. The van der Waals surface area contributed by atoms with Gasteiger partial charge in [0.1, 0.15) is 0 Å². The number of fused-ring (bicyclic) bond motifs is 5. The fourth-order valence-corrected chi connectivity index (χ4v) is 4.33. The van der Waals surface area contributed by atoms with Gasteiger partial charge in [-0.2, -0.15) is 0 Å². The van der Waals surface area contributed by atoms with Crippen molar-refractivity contribution < 1.29 is 4.98 Å². The molecule has 0 spiro atoms. The summed E-state index contributed by atoms with van der Waals surface area (Å²) in [6.07, 6.45) is 2.06. The molecule has 1 heteroatoms. The minimum Gasteiger partial charge on any atom is -0.211 e. The van der Waals surface area contributed by atoms with E-state index in [2.05, 4.69) is 98.7 Å². The Balaban J connectivity index is 1.86. The summed E-state index contributed by atoms with van der Waals surface area (Å²) in [6, 6.07) is 24.7. The largest absolute Gasteiger partial charge is 0.218 e. The lowest BCUT2D eigenvalue weighted by Gasteiger charge is -2.09. The van der Waals surface area contributed by atoms with E-state index in [9.17, 15) is 0 Å². The van der Waals surface area contributed by atoms with Crippen LogP contribution in [0.15, 0.2) is 72.9 Å². The van der Waals surface area contributed by atoms with E-state index >= 15 is 0 Å². The first-order valence-corrected chi connectivity index (χ1v) is 9.45. The molecule has 0 unspecified atom stereocenters. The summed E-state index contributed by atoms with van der Waals surface area (Å²) in [6.45, 7) is 6.46. The highest BCUT2D eigenvalue weighted by Crippen LogP contribution is 2.34. The second-order valence-electron chi connectivity index (χ2n) is 7.64. The van der Waals surface area contributed by atoms with Crippen molar-refractivity contribution in [2.24, 2.45) is 0 Å². The minimum atomic E-state index is 1.19. The van der Waals surface area contributed by atoms with Crippen LogP contribution in [0, 0.1) is 20.8 Å². The Morgan fingerprint density at radius 2 is 1.15 bits per heavy atom. The van der Waals surface area contributed by atoms with Crippen LogP contribution >= 0.6 is 0 Å². The Morgan fingerprint density at radius 1 is 0.519 bits per heavy atom. The molecule has 1 aromatic heterocycles. The molecule has 0 amide bonds. The lowest BCUT2D eigenvalue weighted by atomic mass is 9.94. The number of benzene rings is 4. The number of aromatic amines is 1. The number of H-pyrrole nitrogens is 1. The van der Waals surface area contributed by atoms with Gasteiger partial charge in [0.05, 0.1) is 5.39 Å². The van der Waals surface area contributed by atoms with Gasteiger partial charge in [0.15, 0.2) is 6.20 Å². The third-order valence-corrected chi connectivity index (χ3v) is 5.47. The van der Waals surface area contributed by atoms with Gasteiger partial charge in [-0.3, -0.25) is 0 Å². The molecular weight excluding hydrogens is 326 g/mol. The Kier molecular flexibility index (Phi) is 3.51. The molecule has 0 bridgehead atoms. The number of hydrogen-bond donors (Lipinski definition) is 0. The molecule has 4 aromatic carbocycles. The maximum absolute atomic E-state index is 3.49. The van der Waals surface area contributed by atoms with Crippen LogP contribution in [0.2, 0.25) is 0 Å². The van der Waals surface area contributed by atoms with Gasteiger partial charge in [-0.15, -0.1) is 0 Å². The summed E-state index contributed by atoms with van der Waals surface area (Å²) < 4.78 is 0. The topological polar surface area (TPSA) is 14.1 Å². The molecule has 1 nitrogen and oxygen atoms in total. The molecule has 5 aromatic rings. The van der Waals surface area contributed by atoms with Crippen molar-refractivity contribution in [3.63, 3.8) is 0 Å². The van der Waals surface area contributed by atoms with E-state index in [1.54, 1.807) is 0 Å². The fraction of sp³-hybridized carbons (Fsp3) is 0.115. The molecule has 0 aliphatic heterocycles. The van der Waals surface area contributed by atoms with Gasteiger partial charge in [0.2, 0.25) is 5.69 Å². The van der Waals surface area contributed by atoms with Gasteiger partial charge in [0.25, 0.3) is 0 Å². The number of aromatic nitrogens is 1. The van der Waals surface area contributed by atoms with Crippen LogP contribution in [0.4, 0.5) is 0 Å². The first kappa shape index (κ1) is 16.0. The van der Waals surface area contributed by atoms with Crippen molar-refractivity contribution in [1.29, 1.82) is 0 Å². The molecule has 0 saturated carbocycles. The lowest BCUT2D eigenvalue weighted by Crippen LogP contribution is -2.06. The van der Waals surface area contributed by atoms with Crippen molar-refractivity contribution in [3.05, 3.63) is 89.6 Å². The average Bonchev–Trinajstić information content (AvgIpc) is 2.65. The van der Waals surface area contributed by atoms with E-state index in [0.717, 1.165) is 0 Å². The molecule has 1 N–H and O–H groups in total. The minimum absolute atomic E-state index is 1.19. The van der Waals surface area contributed by atoms with Crippen LogP contribution in [0.3, 0.4) is 0 Å². The number of aryl methyl sites for hydroxylation is 3. The Bertz CT molecular complexity index is 1330. The first-order chi connectivity index (χ1) is 13.1. The third-order valence-electron chi connectivity index (χ3n) is 5.47. The molecule has 27 heavy (non-hydrogen) atoms. The van der Waals surface area contributed by atoms with Crippen LogP contribution in [-0.2, 0) is 0 Å². The normalized spacial score (nSPS) is 11.5. The van der Waals surface area contributed by atoms with Gasteiger partial charge in [-0.1, -0.05) is 59.2 Å². The quantitative estimate of drug-likeness (QED) is 0.305. The molecular formula is C26H22N+. The zero-order valence-corrected chi connectivity index (χ0v) is 15.9. The van der Waals surface area contributed by atoms with Gasteiger partial charge in [-0.05, 0) is 60.5 Å². The van der Waals surface area contributed by atoms with Gasteiger partial charge >= 0.3 is 0 Å². The highest BCUT2D eigenvalue weighted by Gasteiger charge is 2.14. The van der Waals surface area contributed by atoms with E-state index in [0.29, 0.717) is 0 Å². The van der Waals surface area contributed by atoms with Crippen LogP contribution in [0.5, 0.6) is 0 Å². The van der Waals surface area contributed by atoms with E-state index in [1.807, 2.05) is 0 Å². The summed E-state index contributed by atoms with van der Waals surface area (Å²) >= 11 is 0. The summed E-state index contributed by atoms with van der Waals surface area (Å²) in [4.78, 5) is 3.49. The molecule has 0 fully saturated rings. The van der Waals surface area contributed by atoms with E-state index in [-0.39, 0.29) is 0 Å². The van der Waals surface area contributed by atoms with Crippen molar-refractivity contribution >= 4 is 32.3 Å². The van der Waals surface area contributed by atoms with E-state index < -0.39 is 0 Å². The predicted molar refractivity (Wildman–Crippen MR) is 115 cm³/mol. The maximum atomic E-state index is 3.49. The summed E-state index contributed by atoms with van der Waals surface area (Å²) in [5.74, 6) is 0. The predicted octanol–water partition coefficient (Wildman–Crippen LogP) is 6.55. The third kappa shape index (κ3) is 2.59. The molecule has 0 radical (unpaired) electrons. The second kappa shape index (κ2) is 5.92. The summed E-state index contributed by atoms with van der Waals surface area (Å²) in [7, 11) is 0. The number of hydrogen-bond acceptors (Lipinski definition) is 0. The van der Waals surface area contributed by atoms with Gasteiger partial charge in [-0.25, -0.2) is 4.98 Å². The molecule has 0 aliphatic rings. The summed E-state index contributed by atoms with van der Waals surface area (Å²) in [5, 5.41) is 7.81. The van der Waals surface area contributed by atoms with Crippen LogP contribution in [-0.4, -0.2) is 0 Å². The maximum Gasteiger partial charge on any atom is 0.218 e. The zero-order valence-electron chi connectivity index (χ0n) is 15.9. The average molecular weight is 348 g/mol. The number of nitrogens with one attached hydrogen (secondary N) is 1. The van der Waals surface area contributed by atoms with Crippen LogP contribution in [0.25, 0.3) is 43.6 Å². The SMILES string of the molecule is Cc1cc(C)cc(-c2[nH+]ccc3c2ccc2c4ccc(C)cc4ccc32)c1. The van der Waals surface area contributed by atoms with Gasteiger partial charge < -0.3 is 0 Å². The van der Waals surface area contributed by atoms with Crippen molar-refractivity contribution in [2.45, 2.75) is 20.8 Å². The first-order valence-electron chi connectivity index (χ1n) is 9.45. The van der Waals surface area contributed by atoms with E-state index in [1.165, 1.54) is 60.3 Å². The Hall–Kier alpha value is -3.19. The van der Waals surface area contributed by atoms with E-state index in [4.69, 9.17) is 0 Å². The highest BCUT2D eigenvalue weighted by atomic mass is 14.7. The van der Waals surface area contributed by atoms with Crippen molar-refractivity contribution in [1.82, 2.24) is 0 Å². The standard InChI is InChI=1S/C26H21N/c1-16-4-6-21-19(13-16)5-7-23-22(21)8-9-25-24(23)10-11-27-26(25)20-14-17(2)12-18(3)15-20/h4-15H,1-3H3/p+1. The molecule has 0 saturated heterocycles. The molecule has 1 heterocycles. The van der Waals surface area contributed by atoms with Crippen LogP contribution < -0.4 is 4.98 Å². The van der Waals surface area contributed by atoms with Crippen molar-refractivity contribution in [3.8, 4) is 11.3 Å². The number of rotatable bonds is 1. The lowest BCUT2D eigenvalue weighted by molar-refractivity contribution is -0.362.